The Morgan fingerprint density at radius 2 is 2.00 bits per heavy atom. The van der Waals surface area contributed by atoms with Crippen LogP contribution < -0.4 is 0 Å². The molecule has 2 aromatic rings. The first-order valence-electron chi connectivity index (χ1n) is 5.22. The van der Waals surface area contributed by atoms with Crippen LogP contribution in [0.2, 0.25) is 0 Å². The van der Waals surface area contributed by atoms with Crippen LogP contribution in [0.25, 0.3) is 11.3 Å². The summed E-state index contributed by atoms with van der Waals surface area (Å²) in [5, 5.41) is 12.2. The highest BCUT2D eigenvalue weighted by atomic mass is 19.4. The summed E-state index contributed by atoms with van der Waals surface area (Å²) in [5.74, 6) is -1.75. The summed E-state index contributed by atoms with van der Waals surface area (Å²) in [6, 6.07) is 6.87. The summed E-state index contributed by atoms with van der Waals surface area (Å²) >= 11 is 0. The molecular weight excluding hydrogens is 263 g/mol. The zero-order chi connectivity index (χ0) is 14.0. The van der Waals surface area contributed by atoms with Gasteiger partial charge in [0.25, 0.3) is 0 Å². The summed E-state index contributed by atoms with van der Waals surface area (Å²) < 4.78 is 41.8. The minimum Gasteiger partial charge on any atom is -0.475 e. The van der Waals surface area contributed by atoms with Crippen LogP contribution in [-0.2, 0) is 6.42 Å². The average Bonchev–Trinajstić information content (AvgIpc) is 2.76. The fraction of sp³-hybridized carbons (Fsp3) is 0.167. The number of aromatic carboxylic acids is 1. The Bertz CT molecular complexity index is 604. The van der Waals surface area contributed by atoms with Crippen molar-refractivity contribution < 1.29 is 27.6 Å². The molecule has 1 aromatic carbocycles. The van der Waals surface area contributed by atoms with Gasteiger partial charge in [-0.05, 0) is 5.56 Å². The maximum absolute atomic E-state index is 12.4. The van der Waals surface area contributed by atoms with Crippen LogP contribution in [0, 0.1) is 0 Å². The molecule has 0 saturated carbocycles. The quantitative estimate of drug-likeness (QED) is 0.931. The lowest BCUT2D eigenvalue weighted by Crippen LogP contribution is -2.12. The van der Waals surface area contributed by atoms with Gasteiger partial charge in [0.05, 0.1) is 6.42 Å². The predicted molar refractivity (Wildman–Crippen MR) is 58.7 cm³/mol. The van der Waals surface area contributed by atoms with E-state index in [-0.39, 0.29) is 16.8 Å². The molecule has 0 radical (unpaired) electrons. The van der Waals surface area contributed by atoms with Gasteiger partial charge in [-0.2, -0.15) is 13.2 Å². The van der Waals surface area contributed by atoms with Gasteiger partial charge in [0.2, 0.25) is 5.76 Å². The number of alkyl halides is 3. The molecule has 0 aliphatic carbocycles. The fourth-order valence-electron chi connectivity index (χ4n) is 1.64. The lowest BCUT2D eigenvalue weighted by atomic mass is 10.0. The molecule has 1 N–H and O–H groups in total. The van der Waals surface area contributed by atoms with E-state index in [1.165, 1.54) is 18.2 Å². The third-order valence-corrected chi connectivity index (χ3v) is 2.41. The van der Waals surface area contributed by atoms with Crippen LogP contribution in [0.1, 0.15) is 16.1 Å². The van der Waals surface area contributed by atoms with E-state index in [9.17, 15) is 18.0 Å². The maximum Gasteiger partial charge on any atom is 0.393 e. The number of nitrogens with zero attached hydrogens (tertiary/aromatic N) is 1. The predicted octanol–water partition coefficient (Wildman–Crippen LogP) is 3.14. The number of rotatable bonds is 3. The molecule has 0 atom stereocenters. The molecule has 1 heterocycles. The smallest absolute Gasteiger partial charge is 0.393 e. The largest absolute Gasteiger partial charge is 0.475 e. The minimum atomic E-state index is -4.35. The van der Waals surface area contributed by atoms with E-state index in [4.69, 9.17) is 5.11 Å². The molecule has 0 saturated heterocycles. The van der Waals surface area contributed by atoms with E-state index in [2.05, 4.69) is 9.68 Å². The second kappa shape index (κ2) is 4.75. The van der Waals surface area contributed by atoms with E-state index in [0.717, 1.165) is 6.07 Å². The highest BCUT2D eigenvalue weighted by molar-refractivity contribution is 5.85. The lowest BCUT2D eigenvalue weighted by Gasteiger charge is -2.09. The van der Waals surface area contributed by atoms with Crippen molar-refractivity contribution in [2.45, 2.75) is 12.6 Å². The van der Waals surface area contributed by atoms with Crippen LogP contribution in [-0.4, -0.2) is 22.4 Å². The van der Waals surface area contributed by atoms with Gasteiger partial charge in [0.1, 0.15) is 5.69 Å². The molecule has 0 amide bonds. The van der Waals surface area contributed by atoms with E-state index >= 15 is 0 Å². The van der Waals surface area contributed by atoms with Gasteiger partial charge in [-0.1, -0.05) is 29.4 Å². The van der Waals surface area contributed by atoms with Crippen molar-refractivity contribution in [3.63, 3.8) is 0 Å². The van der Waals surface area contributed by atoms with Gasteiger partial charge in [-0.3, -0.25) is 0 Å². The number of halogens is 3. The van der Waals surface area contributed by atoms with Crippen molar-refractivity contribution in [1.82, 2.24) is 5.16 Å². The standard InChI is InChI=1S/C12H8F3NO3/c13-12(14,15)6-7-3-1-2-4-8(7)9-5-10(11(17)18)19-16-9/h1-5H,6H2,(H,17,18). The van der Waals surface area contributed by atoms with Crippen molar-refractivity contribution in [2.75, 3.05) is 0 Å². The Morgan fingerprint density at radius 1 is 1.32 bits per heavy atom. The van der Waals surface area contributed by atoms with E-state index in [1.807, 2.05) is 0 Å². The van der Waals surface area contributed by atoms with Gasteiger partial charge < -0.3 is 9.63 Å². The minimum absolute atomic E-state index is 0.0141. The summed E-state index contributed by atoms with van der Waals surface area (Å²) in [5.41, 5.74) is 0.286. The first kappa shape index (κ1) is 13.1. The van der Waals surface area contributed by atoms with Crippen molar-refractivity contribution >= 4 is 5.97 Å². The SMILES string of the molecule is O=C(O)c1cc(-c2ccccc2CC(F)(F)F)no1. The number of benzene rings is 1. The number of hydrogen-bond donors (Lipinski definition) is 1. The fourth-order valence-corrected chi connectivity index (χ4v) is 1.64. The van der Waals surface area contributed by atoms with E-state index < -0.39 is 24.3 Å². The molecule has 19 heavy (non-hydrogen) atoms. The molecule has 2 rings (SSSR count). The number of carboxylic acids is 1. The van der Waals surface area contributed by atoms with Crippen LogP contribution in [0.4, 0.5) is 13.2 Å². The Kier molecular flexibility index (Phi) is 3.28. The molecule has 4 nitrogen and oxygen atoms in total. The normalized spacial score (nSPS) is 11.5. The number of carbonyl (C=O) groups is 1. The van der Waals surface area contributed by atoms with Gasteiger partial charge >= 0.3 is 12.1 Å². The molecule has 0 bridgehead atoms. The number of carboxylic acid groups (broad SMARTS) is 1. The first-order chi connectivity index (χ1) is 8.87. The average molecular weight is 271 g/mol. The molecule has 7 heteroatoms. The van der Waals surface area contributed by atoms with E-state index in [1.54, 1.807) is 6.07 Å². The van der Waals surface area contributed by atoms with Crippen LogP contribution in [0.5, 0.6) is 0 Å². The summed E-state index contributed by atoms with van der Waals surface area (Å²) in [6.07, 6.45) is -5.46. The van der Waals surface area contributed by atoms with Gasteiger partial charge in [0, 0.05) is 11.6 Å². The zero-order valence-corrected chi connectivity index (χ0v) is 9.44. The van der Waals surface area contributed by atoms with Crippen molar-refractivity contribution in [1.29, 1.82) is 0 Å². The third-order valence-electron chi connectivity index (χ3n) is 2.41. The molecule has 100 valence electrons. The molecule has 0 spiro atoms. The second-order valence-corrected chi connectivity index (χ2v) is 3.83. The Balaban J connectivity index is 2.41. The van der Waals surface area contributed by atoms with Crippen molar-refractivity contribution in [3.05, 3.63) is 41.7 Å². The molecule has 0 aliphatic heterocycles. The maximum atomic E-state index is 12.4. The molecular formula is C12H8F3NO3. The highest BCUT2D eigenvalue weighted by Crippen LogP contribution is 2.29. The summed E-state index contributed by atoms with van der Waals surface area (Å²) in [4.78, 5) is 10.6. The van der Waals surface area contributed by atoms with Gasteiger partial charge in [-0.15, -0.1) is 0 Å². The topological polar surface area (TPSA) is 63.3 Å². The molecule has 0 unspecified atom stereocenters. The lowest BCUT2D eigenvalue weighted by molar-refractivity contribution is -0.127. The van der Waals surface area contributed by atoms with Crippen LogP contribution in [0.3, 0.4) is 0 Å². The van der Waals surface area contributed by atoms with E-state index in [0.29, 0.717) is 0 Å². The second-order valence-electron chi connectivity index (χ2n) is 3.83. The highest BCUT2D eigenvalue weighted by Gasteiger charge is 2.29. The van der Waals surface area contributed by atoms with Crippen molar-refractivity contribution in [3.8, 4) is 11.3 Å². The monoisotopic (exact) mass is 271 g/mol. The van der Waals surface area contributed by atoms with Crippen LogP contribution in [0.15, 0.2) is 34.9 Å². The molecule has 1 aromatic heterocycles. The Labute approximate surface area is 105 Å². The Morgan fingerprint density at radius 3 is 2.58 bits per heavy atom. The van der Waals surface area contributed by atoms with Gasteiger partial charge in [0.15, 0.2) is 0 Å². The number of aromatic nitrogens is 1. The first-order valence-corrected chi connectivity index (χ1v) is 5.22. The van der Waals surface area contributed by atoms with Gasteiger partial charge in [-0.25, -0.2) is 4.79 Å². The Hall–Kier alpha value is -2.31. The number of hydrogen-bond acceptors (Lipinski definition) is 3. The molecule has 0 aliphatic rings. The molecule has 0 fully saturated rings. The zero-order valence-electron chi connectivity index (χ0n) is 9.44. The van der Waals surface area contributed by atoms with Crippen LogP contribution >= 0.6 is 0 Å². The summed E-state index contributed by atoms with van der Waals surface area (Å²) in [7, 11) is 0. The third kappa shape index (κ3) is 3.12. The summed E-state index contributed by atoms with van der Waals surface area (Å²) in [6.45, 7) is 0. The van der Waals surface area contributed by atoms with Crippen molar-refractivity contribution in [2.24, 2.45) is 0 Å².